The van der Waals surface area contributed by atoms with E-state index in [9.17, 15) is 13.2 Å². The van der Waals surface area contributed by atoms with Gasteiger partial charge in [0.2, 0.25) is 0 Å². The predicted molar refractivity (Wildman–Crippen MR) is 216 cm³/mol. The summed E-state index contributed by atoms with van der Waals surface area (Å²) in [6.45, 7) is 2.04. The monoisotopic (exact) mass is 791 g/mol. The molecule has 4 aromatic carbocycles. The molecule has 0 fully saturated rings. The van der Waals surface area contributed by atoms with Gasteiger partial charge in [-0.2, -0.15) is 0 Å². The SMILES string of the molecule is CCOC(=O)c1c(CSc2nnc(-c3cccc(S(=O)(=O)Nc4ccccc4Cl)c3)n2-c2ccccc2)nc2sc3c(c2c1-c1ccccc1)CCCC3. The Morgan fingerprint density at radius 2 is 1.63 bits per heavy atom. The molecule has 3 aromatic heterocycles. The molecule has 0 saturated carbocycles. The van der Waals surface area contributed by atoms with Gasteiger partial charge in [-0.25, -0.2) is 18.2 Å². The smallest absolute Gasteiger partial charge is 0.340 e. The molecule has 9 nitrogen and oxygen atoms in total. The van der Waals surface area contributed by atoms with E-state index >= 15 is 0 Å². The van der Waals surface area contributed by atoms with Crippen molar-refractivity contribution < 1.29 is 17.9 Å². The van der Waals surface area contributed by atoms with Crippen molar-refractivity contribution in [3.63, 3.8) is 0 Å². The number of aromatic nitrogens is 4. The molecule has 0 saturated heterocycles. The lowest BCUT2D eigenvalue weighted by Crippen LogP contribution is -2.13. The van der Waals surface area contributed by atoms with Crippen LogP contribution in [0.2, 0.25) is 5.02 Å². The van der Waals surface area contributed by atoms with Gasteiger partial charge in [-0.05, 0) is 80.1 Å². The summed E-state index contributed by atoms with van der Waals surface area (Å²) < 4.78 is 37.2. The minimum absolute atomic E-state index is 0.0420. The lowest BCUT2D eigenvalue weighted by atomic mass is 9.90. The van der Waals surface area contributed by atoms with Gasteiger partial charge in [0.1, 0.15) is 4.83 Å². The maximum atomic E-state index is 14.0. The molecule has 1 N–H and O–H groups in total. The van der Waals surface area contributed by atoms with Crippen LogP contribution in [-0.4, -0.2) is 40.7 Å². The zero-order valence-electron chi connectivity index (χ0n) is 29.2. The fraction of sp³-hybridized carbons (Fsp3) is 0.171. The number of aryl methyl sites for hydroxylation is 2. The van der Waals surface area contributed by atoms with E-state index in [1.807, 2.05) is 72.2 Å². The molecular formula is C41H34ClN5O4S3. The van der Waals surface area contributed by atoms with E-state index in [0.717, 1.165) is 52.7 Å². The maximum absolute atomic E-state index is 14.0. The number of esters is 1. The first-order valence-corrected chi connectivity index (χ1v) is 21.2. The molecule has 0 unspecified atom stereocenters. The number of hydrogen-bond donors (Lipinski definition) is 1. The van der Waals surface area contributed by atoms with Crippen LogP contribution in [0.15, 0.2) is 119 Å². The number of para-hydroxylation sites is 2. The summed E-state index contributed by atoms with van der Waals surface area (Å²) in [5.41, 5.74) is 5.77. The van der Waals surface area contributed by atoms with Gasteiger partial charge in [0.25, 0.3) is 10.0 Å². The number of anilines is 1. The lowest BCUT2D eigenvalue weighted by Gasteiger charge is -2.17. The Hall–Kier alpha value is -5.01. The predicted octanol–water partition coefficient (Wildman–Crippen LogP) is 10.0. The summed E-state index contributed by atoms with van der Waals surface area (Å²) >= 11 is 9.38. The second-order valence-electron chi connectivity index (χ2n) is 12.7. The first-order chi connectivity index (χ1) is 26.3. The number of carbonyl (C=O) groups is 1. The van der Waals surface area contributed by atoms with Gasteiger partial charge in [0.05, 0.1) is 33.5 Å². The number of pyridine rings is 1. The fourth-order valence-electron chi connectivity index (χ4n) is 6.80. The Kier molecular flexibility index (Phi) is 10.3. The van der Waals surface area contributed by atoms with Crippen LogP contribution in [0.5, 0.6) is 0 Å². The van der Waals surface area contributed by atoms with Crippen molar-refractivity contribution in [2.24, 2.45) is 0 Å². The summed E-state index contributed by atoms with van der Waals surface area (Å²) in [6, 6.07) is 32.9. The van der Waals surface area contributed by atoms with E-state index in [1.165, 1.54) is 28.3 Å². The number of carbonyl (C=O) groups excluding carboxylic acids is 1. The number of thioether (sulfide) groups is 1. The molecule has 272 valence electrons. The Morgan fingerprint density at radius 1 is 0.907 bits per heavy atom. The van der Waals surface area contributed by atoms with Crippen LogP contribution < -0.4 is 4.72 Å². The van der Waals surface area contributed by atoms with E-state index in [-0.39, 0.29) is 22.2 Å². The Labute approximate surface area is 326 Å². The van der Waals surface area contributed by atoms with Crippen molar-refractivity contribution in [3.8, 4) is 28.2 Å². The first kappa shape index (κ1) is 36.0. The third-order valence-electron chi connectivity index (χ3n) is 9.23. The number of nitrogens with one attached hydrogen (secondary N) is 1. The van der Waals surface area contributed by atoms with Crippen LogP contribution in [0.25, 0.3) is 38.4 Å². The number of halogens is 1. The van der Waals surface area contributed by atoms with Gasteiger partial charge in [-0.15, -0.1) is 21.5 Å². The van der Waals surface area contributed by atoms with Crippen LogP contribution in [0.3, 0.4) is 0 Å². The minimum atomic E-state index is -4.00. The van der Waals surface area contributed by atoms with Gasteiger partial charge in [-0.1, -0.05) is 96.2 Å². The zero-order valence-corrected chi connectivity index (χ0v) is 32.4. The van der Waals surface area contributed by atoms with Crippen molar-refractivity contribution in [1.29, 1.82) is 0 Å². The van der Waals surface area contributed by atoms with Crippen LogP contribution in [0.1, 0.15) is 46.3 Å². The highest BCUT2D eigenvalue weighted by Crippen LogP contribution is 2.44. The van der Waals surface area contributed by atoms with Crippen molar-refractivity contribution in [2.75, 3.05) is 11.3 Å². The third-order valence-corrected chi connectivity index (χ3v) is 13.0. The molecule has 54 heavy (non-hydrogen) atoms. The Morgan fingerprint density at radius 3 is 2.41 bits per heavy atom. The van der Waals surface area contributed by atoms with Crippen molar-refractivity contribution in [3.05, 3.63) is 136 Å². The average molecular weight is 792 g/mol. The zero-order chi connectivity index (χ0) is 37.2. The highest BCUT2D eigenvalue weighted by atomic mass is 35.5. The van der Waals surface area contributed by atoms with Crippen LogP contribution in [0, 0.1) is 0 Å². The summed E-state index contributed by atoms with van der Waals surface area (Å²) in [7, 11) is -4.00. The molecule has 0 amide bonds. The van der Waals surface area contributed by atoms with Gasteiger partial charge in [0.15, 0.2) is 11.0 Å². The minimum Gasteiger partial charge on any atom is -0.462 e. The van der Waals surface area contributed by atoms with Gasteiger partial charge in [0, 0.05) is 32.8 Å². The number of hydrogen-bond acceptors (Lipinski definition) is 9. The van der Waals surface area contributed by atoms with Crippen molar-refractivity contribution in [1.82, 2.24) is 19.7 Å². The quantitative estimate of drug-likeness (QED) is 0.102. The molecule has 0 aliphatic heterocycles. The summed E-state index contributed by atoms with van der Waals surface area (Å²) in [5, 5.41) is 11.1. The molecule has 7 aromatic rings. The number of nitrogens with zero attached hydrogens (tertiary/aromatic N) is 4. The number of thiophene rings is 1. The number of ether oxygens (including phenoxy) is 1. The van der Waals surface area contributed by atoms with E-state index in [0.29, 0.717) is 33.6 Å². The average Bonchev–Trinajstić information content (AvgIpc) is 3.80. The van der Waals surface area contributed by atoms with Crippen molar-refractivity contribution in [2.45, 2.75) is 48.4 Å². The number of rotatable bonds is 11. The van der Waals surface area contributed by atoms with E-state index in [1.54, 1.807) is 53.8 Å². The number of benzene rings is 4. The molecule has 13 heteroatoms. The Bertz CT molecular complexity index is 2610. The molecule has 8 rings (SSSR count). The number of sulfonamides is 1. The lowest BCUT2D eigenvalue weighted by molar-refractivity contribution is 0.0526. The van der Waals surface area contributed by atoms with E-state index < -0.39 is 16.0 Å². The second kappa shape index (κ2) is 15.4. The highest BCUT2D eigenvalue weighted by molar-refractivity contribution is 7.98. The molecule has 1 aliphatic rings. The van der Waals surface area contributed by atoms with Gasteiger partial charge < -0.3 is 4.74 Å². The summed E-state index contributed by atoms with van der Waals surface area (Å²) in [4.78, 5) is 21.4. The Balaban J connectivity index is 1.22. The van der Waals surface area contributed by atoms with Crippen LogP contribution in [-0.2, 0) is 33.4 Å². The molecule has 0 radical (unpaired) electrons. The summed E-state index contributed by atoms with van der Waals surface area (Å²) in [5.74, 6) is 0.336. The van der Waals surface area contributed by atoms with Gasteiger partial charge >= 0.3 is 5.97 Å². The maximum Gasteiger partial charge on any atom is 0.340 e. The van der Waals surface area contributed by atoms with Crippen molar-refractivity contribution >= 4 is 66.6 Å². The van der Waals surface area contributed by atoms with Gasteiger partial charge in [-0.3, -0.25) is 9.29 Å². The normalized spacial score (nSPS) is 12.8. The number of fused-ring (bicyclic) bond motifs is 3. The first-order valence-electron chi connectivity index (χ1n) is 17.5. The largest absolute Gasteiger partial charge is 0.462 e. The molecule has 3 heterocycles. The molecule has 0 spiro atoms. The highest BCUT2D eigenvalue weighted by Gasteiger charge is 2.29. The molecule has 1 aliphatic carbocycles. The standard InChI is InChI=1S/C41H34ClN5O4S3/c1-2-51-40(48)37-33(43-39-36(30-20-9-12-23-34(30)53-39)35(37)26-14-5-3-6-15-26)25-52-41-45-44-38(47(41)28-17-7-4-8-18-28)27-16-13-19-29(24-27)54(49,50)46-32-22-11-10-21-31(32)42/h3-8,10-11,13-19,21-22,24,46H,2,9,12,20,23,25H2,1H3. The molecule has 0 atom stereocenters. The van der Waals surface area contributed by atoms with Crippen LogP contribution >= 0.6 is 34.7 Å². The molecule has 0 bridgehead atoms. The second-order valence-corrected chi connectivity index (χ2v) is 16.8. The van der Waals surface area contributed by atoms with Crippen LogP contribution in [0.4, 0.5) is 5.69 Å². The third kappa shape index (κ3) is 7.02. The fourth-order valence-corrected chi connectivity index (χ4v) is 10.3. The van der Waals surface area contributed by atoms with E-state index in [4.69, 9.17) is 21.3 Å². The van der Waals surface area contributed by atoms with E-state index in [2.05, 4.69) is 14.9 Å². The topological polar surface area (TPSA) is 116 Å². The summed E-state index contributed by atoms with van der Waals surface area (Å²) in [6.07, 6.45) is 4.20. The molecular weight excluding hydrogens is 758 g/mol.